The van der Waals surface area contributed by atoms with Gasteiger partial charge in [0.1, 0.15) is 0 Å². The van der Waals surface area contributed by atoms with E-state index in [4.69, 9.17) is 5.73 Å². The Morgan fingerprint density at radius 1 is 1.63 bits per heavy atom. The van der Waals surface area contributed by atoms with Gasteiger partial charge in [0.25, 0.3) is 0 Å². The number of aryl methyl sites for hydroxylation is 1. The lowest BCUT2D eigenvalue weighted by atomic mass is 9.95. The van der Waals surface area contributed by atoms with E-state index in [1.165, 1.54) is 10.9 Å². The van der Waals surface area contributed by atoms with Crippen molar-refractivity contribution in [3.05, 3.63) is 18.0 Å². The van der Waals surface area contributed by atoms with Gasteiger partial charge in [-0.05, 0) is 25.7 Å². The van der Waals surface area contributed by atoms with Crippen molar-refractivity contribution in [2.24, 2.45) is 18.7 Å². The van der Waals surface area contributed by atoms with E-state index in [0.29, 0.717) is 5.56 Å². The summed E-state index contributed by atoms with van der Waals surface area (Å²) in [5.41, 5.74) is 5.38. The maximum atomic E-state index is 12.1. The Labute approximate surface area is 110 Å². The number of nitrogens with one attached hydrogen (secondary N) is 1. The molecular formula is C12H18N4O3. The van der Waals surface area contributed by atoms with Crippen LogP contribution in [0.5, 0.6) is 0 Å². The Morgan fingerprint density at radius 3 is 2.68 bits per heavy atom. The first-order chi connectivity index (χ1) is 8.82. The van der Waals surface area contributed by atoms with Gasteiger partial charge in [-0.2, -0.15) is 5.10 Å². The average molecular weight is 266 g/mol. The minimum atomic E-state index is -1.13. The molecule has 0 saturated heterocycles. The molecule has 0 bridgehead atoms. The lowest BCUT2D eigenvalue weighted by molar-refractivity contribution is -0.143. The van der Waals surface area contributed by atoms with Crippen molar-refractivity contribution >= 4 is 11.9 Å². The third-order valence-electron chi connectivity index (χ3n) is 3.50. The molecular weight excluding hydrogens is 248 g/mol. The summed E-state index contributed by atoms with van der Waals surface area (Å²) in [6.07, 6.45) is 4.80. The smallest absolute Gasteiger partial charge is 0.331 e. The Bertz CT molecular complexity index is 505. The molecule has 2 atom stereocenters. The molecule has 2 rings (SSSR count). The average Bonchev–Trinajstić information content (AvgIpc) is 3.09. The van der Waals surface area contributed by atoms with Crippen molar-refractivity contribution in [2.75, 3.05) is 0 Å². The third-order valence-corrected chi connectivity index (χ3v) is 3.50. The lowest BCUT2D eigenvalue weighted by Crippen LogP contribution is -2.54. The van der Waals surface area contributed by atoms with E-state index in [2.05, 4.69) is 10.4 Å². The van der Waals surface area contributed by atoms with E-state index >= 15 is 0 Å². The largest absolute Gasteiger partial charge is 0.479 e. The molecule has 2 unspecified atom stereocenters. The van der Waals surface area contributed by atoms with E-state index in [-0.39, 0.29) is 5.92 Å². The molecule has 7 heteroatoms. The van der Waals surface area contributed by atoms with Gasteiger partial charge >= 0.3 is 5.97 Å². The molecule has 0 radical (unpaired) electrons. The fraction of sp³-hybridized carbons (Fsp3) is 0.583. The van der Waals surface area contributed by atoms with Crippen LogP contribution in [0.2, 0.25) is 0 Å². The van der Waals surface area contributed by atoms with Crippen molar-refractivity contribution in [1.82, 2.24) is 15.1 Å². The van der Waals surface area contributed by atoms with Crippen LogP contribution in [-0.2, 0) is 16.6 Å². The number of carbonyl (C=O) groups excluding carboxylic acids is 1. The van der Waals surface area contributed by atoms with Crippen molar-refractivity contribution in [3.8, 4) is 0 Å². The van der Waals surface area contributed by atoms with E-state index in [9.17, 15) is 14.7 Å². The Kier molecular flexibility index (Phi) is 3.32. The van der Waals surface area contributed by atoms with Crippen LogP contribution >= 0.6 is 0 Å². The highest BCUT2D eigenvalue weighted by Crippen LogP contribution is 2.38. The number of carboxylic acid groups (broad SMARTS) is 1. The number of aliphatic carboxylic acids is 1. The predicted octanol–water partition coefficient (Wildman–Crippen LogP) is -0.211. The van der Waals surface area contributed by atoms with Gasteiger partial charge in [0.2, 0.25) is 5.91 Å². The number of nitrogens with two attached hydrogens (primary N) is 1. The van der Waals surface area contributed by atoms with Crippen molar-refractivity contribution < 1.29 is 14.7 Å². The van der Waals surface area contributed by atoms with Crippen LogP contribution < -0.4 is 11.1 Å². The first-order valence-electron chi connectivity index (χ1n) is 6.13. The van der Waals surface area contributed by atoms with Gasteiger partial charge in [-0.25, -0.2) is 4.79 Å². The number of carboxylic acids is 1. The Balaban J connectivity index is 2.13. The fourth-order valence-corrected chi connectivity index (χ4v) is 2.03. The molecule has 0 aliphatic heterocycles. The summed E-state index contributed by atoms with van der Waals surface area (Å²) in [5.74, 6) is -1.44. The topological polar surface area (TPSA) is 110 Å². The fourth-order valence-electron chi connectivity index (χ4n) is 2.03. The molecule has 0 aromatic carbocycles. The summed E-state index contributed by atoms with van der Waals surface area (Å²) >= 11 is 0. The zero-order chi connectivity index (χ0) is 14.2. The standard InChI is InChI=1S/C12H18N4O3/c1-12(13,8-3-4-8)11(19)15-9(10(17)18)7-5-14-16(2)6-7/h5-6,8-9H,3-4,13H2,1-2H3,(H,15,19)(H,17,18). The minimum absolute atomic E-state index is 0.135. The van der Waals surface area contributed by atoms with E-state index in [0.717, 1.165) is 12.8 Å². The summed E-state index contributed by atoms with van der Waals surface area (Å²) in [4.78, 5) is 23.4. The van der Waals surface area contributed by atoms with Crippen molar-refractivity contribution in [1.29, 1.82) is 0 Å². The van der Waals surface area contributed by atoms with E-state index in [1.54, 1.807) is 20.2 Å². The SMILES string of the molecule is Cn1cc(C(NC(=O)C(C)(N)C2CC2)C(=O)O)cn1. The normalized spacial score (nSPS) is 19.5. The first-order valence-corrected chi connectivity index (χ1v) is 6.13. The molecule has 104 valence electrons. The second kappa shape index (κ2) is 4.65. The molecule has 1 aromatic rings. The van der Waals surface area contributed by atoms with Crippen molar-refractivity contribution in [3.63, 3.8) is 0 Å². The second-order valence-corrected chi connectivity index (χ2v) is 5.25. The molecule has 1 amide bonds. The number of hydrogen-bond donors (Lipinski definition) is 3. The van der Waals surface area contributed by atoms with Gasteiger partial charge < -0.3 is 16.2 Å². The zero-order valence-corrected chi connectivity index (χ0v) is 11.0. The van der Waals surface area contributed by atoms with Crippen LogP contribution in [0.4, 0.5) is 0 Å². The van der Waals surface area contributed by atoms with Crippen LogP contribution in [-0.4, -0.2) is 32.3 Å². The molecule has 1 aliphatic rings. The maximum Gasteiger partial charge on any atom is 0.331 e. The third kappa shape index (κ3) is 2.76. The number of nitrogens with zero attached hydrogens (tertiary/aromatic N) is 2. The zero-order valence-electron chi connectivity index (χ0n) is 11.0. The van der Waals surface area contributed by atoms with Crippen molar-refractivity contribution in [2.45, 2.75) is 31.3 Å². The van der Waals surface area contributed by atoms with E-state index in [1.807, 2.05) is 0 Å². The molecule has 19 heavy (non-hydrogen) atoms. The number of amides is 1. The summed E-state index contributed by atoms with van der Waals surface area (Å²) in [6, 6.07) is -1.12. The molecule has 1 heterocycles. The van der Waals surface area contributed by atoms with Gasteiger partial charge in [0.15, 0.2) is 6.04 Å². The number of rotatable bonds is 5. The first kappa shape index (κ1) is 13.5. The Hall–Kier alpha value is -1.89. The van der Waals surface area contributed by atoms with Crippen LogP contribution in [0.3, 0.4) is 0 Å². The quantitative estimate of drug-likeness (QED) is 0.683. The van der Waals surface area contributed by atoms with Gasteiger partial charge in [-0.15, -0.1) is 0 Å². The second-order valence-electron chi connectivity index (χ2n) is 5.25. The number of carbonyl (C=O) groups is 2. The van der Waals surface area contributed by atoms with E-state index < -0.39 is 23.5 Å². The van der Waals surface area contributed by atoms with Gasteiger partial charge in [0.05, 0.1) is 11.7 Å². The van der Waals surface area contributed by atoms with Gasteiger partial charge in [-0.1, -0.05) is 0 Å². The maximum absolute atomic E-state index is 12.1. The highest BCUT2D eigenvalue weighted by atomic mass is 16.4. The lowest BCUT2D eigenvalue weighted by Gasteiger charge is -2.25. The highest BCUT2D eigenvalue weighted by molar-refractivity contribution is 5.90. The predicted molar refractivity (Wildman–Crippen MR) is 67.0 cm³/mol. The molecule has 1 aromatic heterocycles. The highest BCUT2D eigenvalue weighted by Gasteiger charge is 2.45. The molecule has 0 spiro atoms. The molecule has 1 aliphatic carbocycles. The summed E-state index contributed by atoms with van der Waals surface area (Å²) in [6.45, 7) is 1.64. The molecule has 1 fully saturated rings. The number of hydrogen-bond acceptors (Lipinski definition) is 4. The monoisotopic (exact) mass is 266 g/mol. The van der Waals surface area contributed by atoms with Crippen LogP contribution in [0.15, 0.2) is 12.4 Å². The summed E-state index contributed by atoms with van der Waals surface area (Å²) in [5, 5.41) is 15.6. The number of aromatic nitrogens is 2. The Morgan fingerprint density at radius 2 is 2.26 bits per heavy atom. The van der Waals surface area contributed by atoms with Crippen LogP contribution in [0, 0.1) is 5.92 Å². The van der Waals surface area contributed by atoms with Gasteiger partial charge in [0, 0.05) is 18.8 Å². The molecule has 4 N–H and O–H groups in total. The van der Waals surface area contributed by atoms with Crippen LogP contribution in [0.1, 0.15) is 31.4 Å². The summed E-state index contributed by atoms with van der Waals surface area (Å²) in [7, 11) is 1.68. The molecule has 7 nitrogen and oxygen atoms in total. The van der Waals surface area contributed by atoms with Crippen LogP contribution in [0.25, 0.3) is 0 Å². The minimum Gasteiger partial charge on any atom is -0.479 e. The van der Waals surface area contributed by atoms with Gasteiger partial charge in [-0.3, -0.25) is 9.48 Å². The summed E-state index contributed by atoms with van der Waals surface area (Å²) < 4.78 is 1.49. The molecule has 1 saturated carbocycles.